The van der Waals surface area contributed by atoms with E-state index in [1.54, 1.807) is 24.7 Å². The molecule has 0 bridgehead atoms. The van der Waals surface area contributed by atoms with Gasteiger partial charge >= 0.3 is 0 Å². The summed E-state index contributed by atoms with van der Waals surface area (Å²) in [5.41, 5.74) is 0.919. The molecule has 0 aliphatic carbocycles. The SMILES string of the molecule is O=C1C(=O)N(CCCn2ccnc2)C(c2ccc(F)cc2)/C1=C(\O)c1ccncc1. The molecule has 0 spiro atoms. The zero-order valence-corrected chi connectivity index (χ0v) is 16.0. The highest BCUT2D eigenvalue weighted by Crippen LogP contribution is 2.39. The average molecular weight is 406 g/mol. The van der Waals surface area contributed by atoms with Crippen LogP contribution in [0.1, 0.15) is 23.6 Å². The number of benzene rings is 1. The number of aliphatic hydroxyl groups is 1. The molecule has 4 rings (SSSR count). The summed E-state index contributed by atoms with van der Waals surface area (Å²) < 4.78 is 15.4. The van der Waals surface area contributed by atoms with Crippen molar-refractivity contribution in [1.29, 1.82) is 0 Å². The fraction of sp³-hybridized carbons (Fsp3) is 0.182. The number of rotatable bonds is 6. The van der Waals surface area contributed by atoms with Crippen LogP contribution in [0, 0.1) is 5.82 Å². The second-order valence-electron chi connectivity index (χ2n) is 6.93. The number of likely N-dealkylation sites (tertiary alicyclic amines) is 1. The molecule has 8 heteroatoms. The summed E-state index contributed by atoms with van der Waals surface area (Å²) in [5, 5.41) is 10.9. The third kappa shape index (κ3) is 3.71. The van der Waals surface area contributed by atoms with E-state index < -0.39 is 23.5 Å². The number of aryl methyl sites for hydroxylation is 1. The Morgan fingerprint density at radius 1 is 1.00 bits per heavy atom. The molecule has 152 valence electrons. The number of hydrogen-bond donors (Lipinski definition) is 1. The number of aromatic nitrogens is 3. The molecule has 2 aromatic heterocycles. The molecule has 30 heavy (non-hydrogen) atoms. The first kappa shape index (κ1) is 19.5. The molecule has 1 fully saturated rings. The summed E-state index contributed by atoms with van der Waals surface area (Å²) in [6.45, 7) is 0.904. The van der Waals surface area contributed by atoms with Crippen molar-refractivity contribution in [1.82, 2.24) is 19.4 Å². The van der Waals surface area contributed by atoms with E-state index in [2.05, 4.69) is 9.97 Å². The molecule has 0 saturated carbocycles. The standard InChI is InChI=1S/C22H19FN4O3/c23-17-4-2-15(3-5-17)19-18(20(28)16-6-8-24-9-7-16)21(29)22(30)27(19)12-1-11-26-13-10-25-14-26/h2-10,13-14,19,28H,1,11-12H2/b20-18+. The van der Waals surface area contributed by atoms with E-state index in [4.69, 9.17) is 0 Å². The quantitative estimate of drug-likeness (QED) is 0.386. The molecule has 1 saturated heterocycles. The van der Waals surface area contributed by atoms with E-state index in [1.165, 1.54) is 41.6 Å². The first-order valence-corrected chi connectivity index (χ1v) is 9.46. The number of imidazole rings is 1. The Kier molecular flexibility index (Phi) is 5.38. The van der Waals surface area contributed by atoms with Crippen LogP contribution in [-0.2, 0) is 16.1 Å². The topological polar surface area (TPSA) is 88.3 Å². The number of hydrogen-bond acceptors (Lipinski definition) is 5. The second kappa shape index (κ2) is 8.28. The van der Waals surface area contributed by atoms with Crippen LogP contribution in [0.2, 0.25) is 0 Å². The van der Waals surface area contributed by atoms with Crippen molar-refractivity contribution in [3.63, 3.8) is 0 Å². The van der Waals surface area contributed by atoms with Gasteiger partial charge in [-0.3, -0.25) is 14.6 Å². The van der Waals surface area contributed by atoms with Crippen LogP contribution in [0.25, 0.3) is 5.76 Å². The lowest BCUT2D eigenvalue weighted by Gasteiger charge is -2.25. The van der Waals surface area contributed by atoms with Crippen molar-refractivity contribution in [3.8, 4) is 0 Å². The molecule has 7 nitrogen and oxygen atoms in total. The third-order valence-corrected chi connectivity index (χ3v) is 5.05. The maximum atomic E-state index is 13.5. The molecule has 1 N–H and O–H groups in total. The normalized spacial score (nSPS) is 18.2. The minimum atomic E-state index is -0.804. The van der Waals surface area contributed by atoms with Crippen molar-refractivity contribution < 1.29 is 19.1 Å². The first-order valence-electron chi connectivity index (χ1n) is 9.46. The Labute approximate surface area is 172 Å². The van der Waals surface area contributed by atoms with Crippen LogP contribution < -0.4 is 0 Å². The molecular weight excluding hydrogens is 387 g/mol. The fourth-order valence-corrected chi connectivity index (χ4v) is 3.61. The Balaban J connectivity index is 1.72. The monoisotopic (exact) mass is 406 g/mol. The molecular formula is C22H19FN4O3. The molecule has 1 aliphatic heterocycles. The van der Waals surface area contributed by atoms with E-state index in [0.29, 0.717) is 24.1 Å². The van der Waals surface area contributed by atoms with E-state index in [-0.39, 0.29) is 17.9 Å². The Morgan fingerprint density at radius 3 is 2.40 bits per heavy atom. The van der Waals surface area contributed by atoms with Gasteiger partial charge in [0, 0.05) is 43.4 Å². The number of ketones is 1. The van der Waals surface area contributed by atoms with Crippen LogP contribution >= 0.6 is 0 Å². The molecule has 1 amide bonds. The molecule has 3 aromatic rings. The fourth-order valence-electron chi connectivity index (χ4n) is 3.61. The van der Waals surface area contributed by atoms with Crippen molar-refractivity contribution in [2.24, 2.45) is 0 Å². The number of amides is 1. The van der Waals surface area contributed by atoms with Gasteiger partial charge in [0.25, 0.3) is 11.7 Å². The van der Waals surface area contributed by atoms with Gasteiger partial charge in [-0.25, -0.2) is 9.37 Å². The number of carbonyl (C=O) groups is 2. The summed E-state index contributed by atoms with van der Waals surface area (Å²) >= 11 is 0. The number of nitrogens with zero attached hydrogens (tertiary/aromatic N) is 4. The number of carbonyl (C=O) groups excluding carboxylic acids is 2. The lowest BCUT2D eigenvalue weighted by Crippen LogP contribution is -2.31. The minimum absolute atomic E-state index is 0.0135. The van der Waals surface area contributed by atoms with Gasteiger partial charge in [0.1, 0.15) is 11.6 Å². The number of Topliss-reactive ketones (excluding diaryl/α,β-unsaturated/α-hetero) is 1. The minimum Gasteiger partial charge on any atom is -0.507 e. The molecule has 0 radical (unpaired) electrons. The summed E-state index contributed by atoms with van der Waals surface area (Å²) in [7, 11) is 0. The van der Waals surface area contributed by atoms with Crippen LogP contribution in [0.5, 0.6) is 0 Å². The second-order valence-corrected chi connectivity index (χ2v) is 6.93. The highest BCUT2D eigenvalue weighted by Gasteiger charge is 2.45. The van der Waals surface area contributed by atoms with E-state index >= 15 is 0 Å². The van der Waals surface area contributed by atoms with Gasteiger partial charge < -0.3 is 14.6 Å². The lowest BCUT2D eigenvalue weighted by molar-refractivity contribution is -0.139. The van der Waals surface area contributed by atoms with E-state index in [0.717, 1.165) is 0 Å². The Morgan fingerprint density at radius 2 is 1.73 bits per heavy atom. The summed E-state index contributed by atoms with van der Waals surface area (Å²) in [5.74, 6) is -2.15. The van der Waals surface area contributed by atoms with E-state index in [9.17, 15) is 19.1 Å². The first-order chi connectivity index (χ1) is 14.6. The van der Waals surface area contributed by atoms with Gasteiger partial charge in [0.15, 0.2) is 0 Å². The number of pyridine rings is 1. The van der Waals surface area contributed by atoms with Crippen molar-refractivity contribution in [2.75, 3.05) is 6.54 Å². The Hall–Kier alpha value is -3.81. The van der Waals surface area contributed by atoms with Crippen molar-refractivity contribution >= 4 is 17.4 Å². The van der Waals surface area contributed by atoms with E-state index in [1.807, 2.05) is 10.8 Å². The zero-order chi connectivity index (χ0) is 21.1. The summed E-state index contributed by atoms with van der Waals surface area (Å²) in [6.07, 6.45) is 8.71. The molecule has 1 aliphatic rings. The van der Waals surface area contributed by atoms with Crippen LogP contribution in [0.4, 0.5) is 4.39 Å². The summed E-state index contributed by atoms with van der Waals surface area (Å²) in [6, 6.07) is 7.90. The van der Waals surface area contributed by atoms with Gasteiger partial charge in [-0.2, -0.15) is 0 Å². The van der Waals surface area contributed by atoms with Gasteiger partial charge in [-0.1, -0.05) is 12.1 Å². The Bertz CT molecular complexity index is 1080. The zero-order valence-electron chi connectivity index (χ0n) is 16.0. The van der Waals surface area contributed by atoms with Crippen LogP contribution in [0.15, 0.2) is 73.1 Å². The third-order valence-electron chi connectivity index (χ3n) is 5.05. The van der Waals surface area contributed by atoms with Gasteiger partial charge in [0.2, 0.25) is 0 Å². The predicted octanol–water partition coefficient (Wildman–Crippen LogP) is 2.93. The summed E-state index contributed by atoms with van der Waals surface area (Å²) in [4.78, 5) is 35.0. The average Bonchev–Trinajstić information content (AvgIpc) is 3.37. The number of halogens is 1. The van der Waals surface area contributed by atoms with Crippen LogP contribution in [0.3, 0.4) is 0 Å². The molecule has 3 heterocycles. The number of aliphatic hydroxyl groups excluding tert-OH is 1. The maximum Gasteiger partial charge on any atom is 0.295 e. The van der Waals surface area contributed by atoms with Crippen molar-refractivity contribution in [2.45, 2.75) is 19.0 Å². The van der Waals surface area contributed by atoms with Crippen LogP contribution in [-0.4, -0.2) is 42.8 Å². The smallest absolute Gasteiger partial charge is 0.295 e. The molecule has 1 atom stereocenters. The van der Waals surface area contributed by atoms with Gasteiger partial charge in [-0.05, 0) is 36.2 Å². The highest BCUT2D eigenvalue weighted by atomic mass is 19.1. The largest absolute Gasteiger partial charge is 0.507 e. The maximum absolute atomic E-state index is 13.5. The predicted molar refractivity (Wildman–Crippen MR) is 106 cm³/mol. The lowest BCUT2D eigenvalue weighted by atomic mass is 9.95. The van der Waals surface area contributed by atoms with Gasteiger partial charge in [-0.15, -0.1) is 0 Å². The highest BCUT2D eigenvalue weighted by molar-refractivity contribution is 6.46. The molecule has 1 unspecified atom stereocenters. The van der Waals surface area contributed by atoms with Crippen molar-refractivity contribution in [3.05, 3.63) is 90.0 Å². The molecule has 1 aromatic carbocycles. The van der Waals surface area contributed by atoms with Gasteiger partial charge in [0.05, 0.1) is 17.9 Å².